The van der Waals surface area contributed by atoms with E-state index in [-0.39, 0.29) is 0 Å². The summed E-state index contributed by atoms with van der Waals surface area (Å²) in [6, 6.07) is 10.5. The molecule has 0 atom stereocenters. The van der Waals surface area contributed by atoms with E-state index in [1.165, 1.54) is 12.3 Å². The number of aryl methyl sites for hydroxylation is 1. The summed E-state index contributed by atoms with van der Waals surface area (Å²) in [6.07, 6.45) is 5.95. The van der Waals surface area contributed by atoms with Gasteiger partial charge in [0.2, 0.25) is 0 Å². The van der Waals surface area contributed by atoms with Crippen molar-refractivity contribution in [1.82, 2.24) is 20.8 Å². The van der Waals surface area contributed by atoms with Gasteiger partial charge in [0.1, 0.15) is 12.4 Å². The molecule has 2 amide bonds. The van der Waals surface area contributed by atoms with Crippen molar-refractivity contribution in [3.8, 4) is 5.75 Å². The maximum Gasteiger partial charge on any atom is 0.271 e. The molecule has 3 rings (SSSR count). The molecule has 0 aliphatic carbocycles. The van der Waals surface area contributed by atoms with Crippen LogP contribution in [0.1, 0.15) is 26.6 Å². The number of hydrogen-bond acceptors (Lipinski definition) is 6. The van der Waals surface area contributed by atoms with Crippen molar-refractivity contribution in [3.05, 3.63) is 82.1 Å². The van der Waals surface area contributed by atoms with E-state index in [1.54, 1.807) is 35.7 Å². The zero-order chi connectivity index (χ0) is 19.8. The van der Waals surface area contributed by atoms with E-state index in [2.05, 4.69) is 20.8 Å². The standard InChI is InChI=1S/C20H18N4O3S/c1-14-22-17(13-28-14)12-27-18-7-4-15(5-8-18)6-9-19(25)23-24-20(26)16-3-2-10-21-11-16/h2-11,13H,12H2,1H3,(H,23,25)(H,24,26)/b9-6+. The Bertz CT molecular complexity index is 969. The second-order valence-corrected chi connectivity index (χ2v) is 6.80. The van der Waals surface area contributed by atoms with Crippen LogP contribution in [0.25, 0.3) is 6.08 Å². The molecule has 8 heteroatoms. The summed E-state index contributed by atoms with van der Waals surface area (Å²) in [5.41, 5.74) is 6.72. The molecule has 2 N–H and O–H groups in total. The molecule has 0 spiro atoms. The monoisotopic (exact) mass is 394 g/mol. The maximum atomic E-state index is 11.8. The minimum absolute atomic E-state index is 0.357. The predicted molar refractivity (Wildman–Crippen MR) is 107 cm³/mol. The smallest absolute Gasteiger partial charge is 0.271 e. The number of aromatic nitrogens is 2. The van der Waals surface area contributed by atoms with Gasteiger partial charge >= 0.3 is 0 Å². The van der Waals surface area contributed by atoms with E-state index in [1.807, 2.05) is 36.6 Å². The van der Waals surface area contributed by atoms with Crippen LogP contribution >= 0.6 is 11.3 Å². The van der Waals surface area contributed by atoms with Crippen LogP contribution in [0.15, 0.2) is 60.2 Å². The molecule has 142 valence electrons. The van der Waals surface area contributed by atoms with Crippen molar-refractivity contribution in [1.29, 1.82) is 0 Å². The molecule has 28 heavy (non-hydrogen) atoms. The fourth-order valence-electron chi connectivity index (χ4n) is 2.21. The first kappa shape index (κ1) is 19.2. The summed E-state index contributed by atoms with van der Waals surface area (Å²) in [7, 11) is 0. The van der Waals surface area contributed by atoms with Gasteiger partial charge < -0.3 is 4.74 Å². The minimum atomic E-state index is -0.448. The zero-order valence-corrected chi connectivity index (χ0v) is 15.9. The summed E-state index contributed by atoms with van der Waals surface area (Å²) in [5, 5.41) is 2.98. The number of pyridine rings is 1. The van der Waals surface area contributed by atoms with Crippen LogP contribution in [0, 0.1) is 6.92 Å². The third-order valence-electron chi connectivity index (χ3n) is 3.58. The highest BCUT2D eigenvalue weighted by molar-refractivity contribution is 7.09. The number of thiazole rings is 1. The van der Waals surface area contributed by atoms with Crippen molar-refractivity contribution in [2.75, 3.05) is 0 Å². The number of hydrazine groups is 1. The van der Waals surface area contributed by atoms with E-state index in [4.69, 9.17) is 4.74 Å². The second kappa shape index (κ2) is 9.43. The molecule has 0 saturated carbocycles. The number of hydrogen-bond donors (Lipinski definition) is 2. The Labute approximate surface area is 166 Å². The van der Waals surface area contributed by atoms with E-state index in [0.717, 1.165) is 22.0 Å². The molecule has 0 aliphatic heterocycles. The number of ether oxygens (including phenoxy) is 1. The number of nitrogens with zero attached hydrogens (tertiary/aromatic N) is 2. The quantitative estimate of drug-likeness (QED) is 0.495. The first-order chi connectivity index (χ1) is 13.6. The number of carbonyl (C=O) groups excluding carboxylic acids is 2. The summed E-state index contributed by atoms with van der Waals surface area (Å²) in [4.78, 5) is 31.8. The van der Waals surface area contributed by atoms with E-state index in [0.29, 0.717) is 12.2 Å². The predicted octanol–water partition coefficient (Wildman–Crippen LogP) is 2.90. The Morgan fingerprint density at radius 1 is 1.18 bits per heavy atom. The van der Waals surface area contributed by atoms with Crippen molar-refractivity contribution in [2.45, 2.75) is 13.5 Å². The largest absolute Gasteiger partial charge is 0.487 e. The molecule has 0 fully saturated rings. The first-order valence-corrected chi connectivity index (χ1v) is 9.30. The molecule has 7 nitrogen and oxygen atoms in total. The lowest BCUT2D eigenvalue weighted by atomic mass is 10.2. The zero-order valence-electron chi connectivity index (χ0n) is 15.1. The highest BCUT2D eigenvalue weighted by Gasteiger charge is 2.05. The average molecular weight is 394 g/mol. The highest BCUT2D eigenvalue weighted by Crippen LogP contribution is 2.16. The van der Waals surface area contributed by atoms with Crippen LogP contribution in [0.5, 0.6) is 5.75 Å². The van der Waals surface area contributed by atoms with Crippen LogP contribution < -0.4 is 15.6 Å². The Morgan fingerprint density at radius 2 is 2.00 bits per heavy atom. The molecule has 3 aromatic rings. The topological polar surface area (TPSA) is 93.2 Å². The van der Waals surface area contributed by atoms with Gasteiger partial charge in [-0.3, -0.25) is 25.4 Å². The van der Waals surface area contributed by atoms with Crippen molar-refractivity contribution in [2.24, 2.45) is 0 Å². The van der Waals surface area contributed by atoms with Crippen LogP contribution in [0.4, 0.5) is 0 Å². The van der Waals surface area contributed by atoms with Crippen LogP contribution in [-0.2, 0) is 11.4 Å². The lowest BCUT2D eigenvalue weighted by Crippen LogP contribution is -2.40. The Kier molecular flexibility index (Phi) is 6.48. The fourth-order valence-corrected chi connectivity index (χ4v) is 2.81. The Balaban J connectivity index is 1.45. The van der Waals surface area contributed by atoms with Gasteiger partial charge in [-0.25, -0.2) is 4.98 Å². The molecule has 0 aliphatic rings. The summed E-state index contributed by atoms with van der Waals surface area (Å²) in [6.45, 7) is 2.37. The third kappa shape index (κ3) is 5.75. The van der Waals surface area contributed by atoms with Crippen LogP contribution in [-0.4, -0.2) is 21.8 Å². The van der Waals surface area contributed by atoms with Crippen molar-refractivity contribution >= 4 is 29.2 Å². The summed E-state index contributed by atoms with van der Waals surface area (Å²) in [5.74, 6) is -0.167. The number of carbonyl (C=O) groups is 2. The lowest BCUT2D eigenvalue weighted by Gasteiger charge is -2.05. The van der Waals surface area contributed by atoms with Crippen molar-refractivity contribution in [3.63, 3.8) is 0 Å². The lowest BCUT2D eigenvalue weighted by molar-refractivity contribution is -0.117. The summed E-state index contributed by atoms with van der Waals surface area (Å²) >= 11 is 1.59. The van der Waals surface area contributed by atoms with Gasteiger partial charge in [-0.1, -0.05) is 12.1 Å². The van der Waals surface area contributed by atoms with Crippen LogP contribution in [0.3, 0.4) is 0 Å². The van der Waals surface area contributed by atoms with Gasteiger partial charge in [-0.05, 0) is 42.8 Å². The van der Waals surface area contributed by atoms with Crippen molar-refractivity contribution < 1.29 is 14.3 Å². The van der Waals surface area contributed by atoms with Gasteiger partial charge in [-0.2, -0.15) is 0 Å². The Morgan fingerprint density at radius 3 is 2.68 bits per heavy atom. The molecule has 2 heterocycles. The number of nitrogens with one attached hydrogen (secondary N) is 2. The second-order valence-electron chi connectivity index (χ2n) is 5.73. The van der Waals surface area contributed by atoms with Gasteiger partial charge in [0.05, 0.1) is 16.3 Å². The first-order valence-electron chi connectivity index (χ1n) is 8.42. The minimum Gasteiger partial charge on any atom is -0.487 e. The fraction of sp³-hybridized carbons (Fsp3) is 0.100. The van der Waals surface area contributed by atoms with E-state index < -0.39 is 11.8 Å². The third-order valence-corrected chi connectivity index (χ3v) is 4.41. The van der Waals surface area contributed by atoms with Gasteiger partial charge in [0.25, 0.3) is 11.8 Å². The van der Waals surface area contributed by atoms with Gasteiger partial charge in [0.15, 0.2) is 0 Å². The van der Waals surface area contributed by atoms with E-state index >= 15 is 0 Å². The molecule has 0 saturated heterocycles. The molecular weight excluding hydrogens is 376 g/mol. The average Bonchev–Trinajstić information content (AvgIpc) is 3.15. The molecule has 0 bridgehead atoms. The number of rotatable bonds is 6. The molecule has 2 aromatic heterocycles. The molecule has 0 unspecified atom stereocenters. The summed E-state index contributed by atoms with van der Waals surface area (Å²) < 4.78 is 5.68. The molecule has 0 radical (unpaired) electrons. The van der Waals surface area contributed by atoms with E-state index in [9.17, 15) is 9.59 Å². The normalized spacial score (nSPS) is 10.6. The van der Waals surface area contributed by atoms with Crippen LogP contribution in [0.2, 0.25) is 0 Å². The molecule has 1 aromatic carbocycles. The van der Waals surface area contributed by atoms with Gasteiger partial charge in [-0.15, -0.1) is 11.3 Å². The Hall–Kier alpha value is -3.52. The SMILES string of the molecule is Cc1nc(COc2ccc(/C=C/C(=O)NNC(=O)c3cccnc3)cc2)cs1. The number of amides is 2. The highest BCUT2D eigenvalue weighted by atomic mass is 32.1. The molecular formula is C20H18N4O3S. The number of benzene rings is 1. The maximum absolute atomic E-state index is 11.8. The van der Waals surface area contributed by atoms with Gasteiger partial charge in [0, 0.05) is 23.8 Å².